The maximum absolute atomic E-state index is 11.8. The van der Waals surface area contributed by atoms with Crippen molar-refractivity contribution in [1.29, 1.82) is 0 Å². The van der Waals surface area contributed by atoms with Gasteiger partial charge in [0.25, 0.3) is 5.91 Å². The SMILES string of the molecule is CCCC(=O)Nc1ccc(C(=O)NCCC(=O)OC)cc1. The van der Waals surface area contributed by atoms with Crippen LogP contribution in [0.5, 0.6) is 0 Å². The Morgan fingerprint density at radius 3 is 2.33 bits per heavy atom. The summed E-state index contributed by atoms with van der Waals surface area (Å²) >= 11 is 0. The zero-order chi connectivity index (χ0) is 15.7. The molecular weight excluding hydrogens is 272 g/mol. The molecule has 0 spiro atoms. The van der Waals surface area contributed by atoms with Crippen molar-refractivity contribution in [2.45, 2.75) is 26.2 Å². The average Bonchev–Trinajstić information content (AvgIpc) is 2.47. The lowest BCUT2D eigenvalue weighted by atomic mass is 10.2. The molecule has 0 radical (unpaired) electrons. The van der Waals surface area contributed by atoms with Crippen LogP contribution in [0.4, 0.5) is 5.69 Å². The summed E-state index contributed by atoms with van der Waals surface area (Å²) in [5.41, 5.74) is 1.12. The molecular formula is C15H20N2O4. The van der Waals surface area contributed by atoms with Crippen LogP contribution in [0.25, 0.3) is 0 Å². The van der Waals surface area contributed by atoms with Gasteiger partial charge in [-0.15, -0.1) is 0 Å². The molecule has 0 aliphatic rings. The summed E-state index contributed by atoms with van der Waals surface area (Å²) in [6.45, 7) is 2.15. The van der Waals surface area contributed by atoms with Crippen LogP contribution < -0.4 is 10.6 Å². The maximum Gasteiger partial charge on any atom is 0.307 e. The zero-order valence-corrected chi connectivity index (χ0v) is 12.3. The molecule has 2 N–H and O–H groups in total. The second-order valence-corrected chi connectivity index (χ2v) is 4.46. The normalized spacial score (nSPS) is 9.81. The van der Waals surface area contributed by atoms with E-state index in [0.717, 1.165) is 6.42 Å². The Kier molecular flexibility index (Phi) is 6.94. The first kappa shape index (κ1) is 16.7. The molecule has 6 nitrogen and oxygen atoms in total. The fraction of sp³-hybridized carbons (Fsp3) is 0.400. The van der Waals surface area contributed by atoms with E-state index in [1.165, 1.54) is 7.11 Å². The minimum atomic E-state index is -0.371. The lowest BCUT2D eigenvalue weighted by Gasteiger charge is -2.07. The standard InChI is InChI=1S/C15H20N2O4/c1-3-4-13(18)17-12-7-5-11(6-8-12)15(20)16-10-9-14(19)21-2/h5-8H,3-4,9-10H2,1-2H3,(H,16,20)(H,17,18). The van der Waals surface area contributed by atoms with Crippen LogP contribution in [0.15, 0.2) is 24.3 Å². The summed E-state index contributed by atoms with van der Waals surface area (Å²) in [5, 5.41) is 5.36. The van der Waals surface area contributed by atoms with Gasteiger partial charge in [-0.1, -0.05) is 6.92 Å². The second kappa shape index (κ2) is 8.73. The molecule has 0 unspecified atom stereocenters. The lowest BCUT2D eigenvalue weighted by molar-refractivity contribution is -0.140. The van der Waals surface area contributed by atoms with E-state index in [1.54, 1.807) is 24.3 Å². The molecule has 0 aromatic heterocycles. The van der Waals surface area contributed by atoms with E-state index in [-0.39, 0.29) is 30.7 Å². The van der Waals surface area contributed by atoms with Crippen LogP contribution in [-0.4, -0.2) is 31.4 Å². The molecule has 1 aromatic rings. The summed E-state index contributed by atoms with van der Waals surface area (Å²) in [4.78, 5) is 34.1. The number of hydrogen-bond acceptors (Lipinski definition) is 4. The quantitative estimate of drug-likeness (QED) is 0.749. The van der Waals surface area contributed by atoms with E-state index in [9.17, 15) is 14.4 Å². The zero-order valence-electron chi connectivity index (χ0n) is 12.3. The first-order chi connectivity index (χ1) is 10.1. The molecule has 0 heterocycles. The number of methoxy groups -OCH3 is 1. The van der Waals surface area contributed by atoms with Gasteiger partial charge in [-0.05, 0) is 30.7 Å². The molecule has 0 aliphatic carbocycles. The van der Waals surface area contributed by atoms with Gasteiger partial charge in [0, 0.05) is 24.2 Å². The second-order valence-electron chi connectivity index (χ2n) is 4.46. The Hall–Kier alpha value is -2.37. The first-order valence-electron chi connectivity index (χ1n) is 6.81. The number of amides is 2. The van der Waals surface area contributed by atoms with Gasteiger partial charge in [0.2, 0.25) is 5.91 Å². The van der Waals surface area contributed by atoms with Crippen LogP contribution in [0.3, 0.4) is 0 Å². The molecule has 0 fully saturated rings. The highest BCUT2D eigenvalue weighted by Gasteiger charge is 2.07. The van der Waals surface area contributed by atoms with Gasteiger partial charge in [0.15, 0.2) is 0 Å². The largest absolute Gasteiger partial charge is 0.469 e. The van der Waals surface area contributed by atoms with Crippen molar-refractivity contribution < 1.29 is 19.1 Å². The summed E-state index contributed by atoms with van der Waals surface area (Å²) in [6, 6.07) is 6.58. The first-order valence-corrected chi connectivity index (χ1v) is 6.81. The van der Waals surface area contributed by atoms with Crippen LogP contribution in [0.1, 0.15) is 36.5 Å². The summed E-state index contributed by atoms with van der Waals surface area (Å²) in [5.74, 6) is -0.692. The Morgan fingerprint density at radius 1 is 1.10 bits per heavy atom. The molecule has 2 amide bonds. The van der Waals surface area contributed by atoms with Crippen LogP contribution >= 0.6 is 0 Å². The predicted octanol–water partition coefficient (Wildman–Crippen LogP) is 1.72. The van der Waals surface area contributed by atoms with Crippen LogP contribution in [0.2, 0.25) is 0 Å². The number of carbonyl (C=O) groups excluding carboxylic acids is 3. The van der Waals surface area contributed by atoms with Crippen LogP contribution in [-0.2, 0) is 14.3 Å². The number of benzene rings is 1. The highest BCUT2D eigenvalue weighted by Crippen LogP contribution is 2.10. The van der Waals surface area contributed by atoms with E-state index < -0.39 is 0 Å². The highest BCUT2D eigenvalue weighted by molar-refractivity contribution is 5.95. The lowest BCUT2D eigenvalue weighted by Crippen LogP contribution is -2.26. The number of hydrogen-bond donors (Lipinski definition) is 2. The molecule has 21 heavy (non-hydrogen) atoms. The highest BCUT2D eigenvalue weighted by atomic mass is 16.5. The van der Waals surface area contributed by atoms with Gasteiger partial charge in [-0.3, -0.25) is 14.4 Å². The van der Waals surface area contributed by atoms with Crippen molar-refractivity contribution in [3.05, 3.63) is 29.8 Å². The molecule has 0 bridgehead atoms. The minimum absolute atomic E-state index is 0.0484. The number of carbonyl (C=O) groups is 3. The van der Waals surface area contributed by atoms with Crippen molar-refractivity contribution in [2.24, 2.45) is 0 Å². The number of ether oxygens (including phenoxy) is 1. The summed E-state index contributed by atoms with van der Waals surface area (Å²) in [6.07, 6.45) is 1.38. The van der Waals surface area contributed by atoms with E-state index in [4.69, 9.17) is 0 Å². The molecule has 6 heteroatoms. The molecule has 114 valence electrons. The third-order valence-electron chi connectivity index (χ3n) is 2.75. The van der Waals surface area contributed by atoms with Crippen molar-refractivity contribution in [1.82, 2.24) is 5.32 Å². The Bertz CT molecular complexity index is 497. The Balaban J connectivity index is 2.47. The van der Waals surface area contributed by atoms with Gasteiger partial charge in [0.05, 0.1) is 13.5 Å². The van der Waals surface area contributed by atoms with Crippen molar-refractivity contribution >= 4 is 23.5 Å². The third-order valence-corrected chi connectivity index (χ3v) is 2.75. The number of rotatable bonds is 7. The number of nitrogens with one attached hydrogen (secondary N) is 2. The van der Waals surface area contributed by atoms with E-state index in [2.05, 4.69) is 15.4 Å². The van der Waals surface area contributed by atoms with E-state index in [0.29, 0.717) is 17.7 Å². The molecule has 1 rings (SSSR count). The fourth-order valence-corrected chi connectivity index (χ4v) is 1.64. The molecule has 0 saturated heterocycles. The Labute approximate surface area is 123 Å². The van der Waals surface area contributed by atoms with Crippen molar-refractivity contribution in [3.8, 4) is 0 Å². The maximum atomic E-state index is 11.8. The molecule has 0 aliphatic heterocycles. The monoisotopic (exact) mass is 292 g/mol. The topological polar surface area (TPSA) is 84.5 Å². The van der Waals surface area contributed by atoms with Crippen LogP contribution in [0, 0.1) is 0 Å². The van der Waals surface area contributed by atoms with Gasteiger partial charge < -0.3 is 15.4 Å². The molecule has 0 atom stereocenters. The number of anilines is 1. The Morgan fingerprint density at radius 2 is 1.76 bits per heavy atom. The molecule has 0 saturated carbocycles. The molecule has 1 aromatic carbocycles. The summed E-state index contributed by atoms with van der Waals surface area (Å²) < 4.78 is 4.48. The third kappa shape index (κ3) is 6.07. The van der Waals surface area contributed by atoms with Gasteiger partial charge in [-0.2, -0.15) is 0 Å². The predicted molar refractivity (Wildman–Crippen MR) is 78.9 cm³/mol. The van der Waals surface area contributed by atoms with Gasteiger partial charge in [-0.25, -0.2) is 0 Å². The summed E-state index contributed by atoms with van der Waals surface area (Å²) in [7, 11) is 1.30. The number of esters is 1. The fourth-order valence-electron chi connectivity index (χ4n) is 1.64. The van der Waals surface area contributed by atoms with Gasteiger partial charge in [0.1, 0.15) is 0 Å². The van der Waals surface area contributed by atoms with E-state index >= 15 is 0 Å². The van der Waals surface area contributed by atoms with Crippen molar-refractivity contribution in [3.63, 3.8) is 0 Å². The average molecular weight is 292 g/mol. The minimum Gasteiger partial charge on any atom is -0.469 e. The van der Waals surface area contributed by atoms with Gasteiger partial charge >= 0.3 is 5.97 Å². The van der Waals surface area contributed by atoms with E-state index in [1.807, 2.05) is 6.92 Å². The smallest absolute Gasteiger partial charge is 0.307 e. The van der Waals surface area contributed by atoms with Crippen molar-refractivity contribution in [2.75, 3.05) is 19.0 Å².